The van der Waals surface area contributed by atoms with Crippen molar-refractivity contribution in [3.8, 4) is 0 Å². The lowest BCUT2D eigenvalue weighted by Gasteiger charge is -2.27. The molecule has 156 valence electrons. The minimum Gasteiger partial charge on any atom is -0.352 e. The van der Waals surface area contributed by atoms with Gasteiger partial charge < -0.3 is 5.32 Å². The molecule has 0 heterocycles. The van der Waals surface area contributed by atoms with Gasteiger partial charge in [-0.15, -0.1) is 0 Å². The van der Waals surface area contributed by atoms with Gasteiger partial charge >= 0.3 is 6.18 Å². The Hall–Kier alpha value is -1.52. The van der Waals surface area contributed by atoms with Gasteiger partial charge in [0.15, 0.2) is 0 Å². The number of nitrogens with one attached hydrogen (secondary N) is 1. The standard InChI is InChI=1S/C15H22F3NO.3C2H6/c1-11(2)6-7-12(3)10-19-13(20)8-9-14(4,5)15(16,17)18;3*1-2/h6-7H,1,3,8-10H2,2,4-5H3,(H,19,20);3*1-2H3/b7-6-;;;. The monoisotopic (exact) mass is 379 g/mol. The lowest BCUT2D eigenvalue weighted by Crippen LogP contribution is -2.34. The summed E-state index contributed by atoms with van der Waals surface area (Å²) in [5, 5.41) is 2.54. The third kappa shape index (κ3) is 18.8. The second-order valence-corrected chi connectivity index (χ2v) is 5.50. The van der Waals surface area contributed by atoms with Gasteiger partial charge in [0.25, 0.3) is 0 Å². The number of amides is 1. The van der Waals surface area contributed by atoms with Crippen LogP contribution >= 0.6 is 0 Å². The summed E-state index contributed by atoms with van der Waals surface area (Å²) < 4.78 is 37.8. The van der Waals surface area contributed by atoms with Gasteiger partial charge in [-0.05, 0) is 18.9 Å². The van der Waals surface area contributed by atoms with Crippen LogP contribution in [0.25, 0.3) is 0 Å². The Morgan fingerprint density at radius 1 is 0.962 bits per heavy atom. The quantitative estimate of drug-likeness (QED) is 0.464. The fraction of sp³-hybridized carbons (Fsp3) is 0.667. The zero-order valence-electron chi connectivity index (χ0n) is 18.2. The average molecular weight is 380 g/mol. The van der Waals surface area contributed by atoms with Crippen LogP contribution < -0.4 is 5.32 Å². The van der Waals surface area contributed by atoms with Crippen LogP contribution in [0.2, 0.25) is 0 Å². The zero-order valence-corrected chi connectivity index (χ0v) is 18.2. The highest BCUT2D eigenvalue weighted by molar-refractivity contribution is 5.76. The molecular weight excluding hydrogens is 339 g/mol. The zero-order chi connectivity index (χ0) is 22.0. The molecular formula is C21H40F3NO. The first-order valence-electron chi connectivity index (χ1n) is 9.30. The van der Waals surface area contributed by atoms with Crippen molar-refractivity contribution in [2.24, 2.45) is 5.41 Å². The minimum absolute atomic E-state index is 0.163. The van der Waals surface area contributed by atoms with E-state index in [0.29, 0.717) is 5.57 Å². The van der Waals surface area contributed by atoms with E-state index in [1.165, 1.54) is 0 Å². The normalized spacial score (nSPS) is 10.3. The summed E-state index contributed by atoms with van der Waals surface area (Å²) in [4.78, 5) is 11.5. The molecule has 0 saturated heterocycles. The van der Waals surface area contributed by atoms with Gasteiger partial charge in [0.2, 0.25) is 5.91 Å². The van der Waals surface area contributed by atoms with E-state index >= 15 is 0 Å². The molecule has 2 nitrogen and oxygen atoms in total. The molecule has 0 bridgehead atoms. The van der Waals surface area contributed by atoms with Crippen LogP contribution in [0, 0.1) is 5.41 Å². The van der Waals surface area contributed by atoms with Gasteiger partial charge in [0.05, 0.1) is 5.41 Å². The Balaban J connectivity index is -0.000000362. The molecule has 0 aliphatic rings. The Morgan fingerprint density at radius 3 is 1.73 bits per heavy atom. The second kappa shape index (κ2) is 18.3. The largest absolute Gasteiger partial charge is 0.393 e. The summed E-state index contributed by atoms with van der Waals surface area (Å²) in [5.74, 6) is -0.410. The predicted molar refractivity (Wildman–Crippen MR) is 109 cm³/mol. The summed E-state index contributed by atoms with van der Waals surface area (Å²) in [6.07, 6.45) is -1.25. The molecule has 0 saturated carbocycles. The molecule has 0 rings (SSSR count). The van der Waals surface area contributed by atoms with Crippen molar-refractivity contribution < 1.29 is 18.0 Å². The van der Waals surface area contributed by atoms with Crippen LogP contribution in [-0.4, -0.2) is 18.6 Å². The minimum atomic E-state index is -4.30. The third-order valence-electron chi connectivity index (χ3n) is 2.86. The van der Waals surface area contributed by atoms with E-state index < -0.39 is 17.5 Å². The molecule has 0 aromatic rings. The fourth-order valence-corrected chi connectivity index (χ4v) is 1.19. The summed E-state index contributed by atoms with van der Waals surface area (Å²) in [6, 6.07) is 0. The van der Waals surface area contributed by atoms with Crippen LogP contribution in [0.15, 0.2) is 36.5 Å². The first kappa shape index (κ1) is 32.2. The van der Waals surface area contributed by atoms with Crippen molar-refractivity contribution in [3.05, 3.63) is 36.5 Å². The molecule has 1 amide bonds. The Kier molecular flexibility index (Phi) is 22.6. The Labute approximate surface area is 159 Å². The maximum absolute atomic E-state index is 12.6. The highest BCUT2D eigenvalue weighted by atomic mass is 19.4. The van der Waals surface area contributed by atoms with Crippen molar-refractivity contribution in [2.45, 2.75) is 81.3 Å². The fourth-order valence-electron chi connectivity index (χ4n) is 1.19. The Morgan fingerprint density at radius 2 is 1.38 bits per heavy atom. The molecule has 0 aliphatic heterocycles. The van der Waals surface area contributed by atoms with Gasteiger partial charge in [-0.3, -0.25) is 4.79 Å². The molecule has 0 unspecified atom stereocenters. The molecule has 0 aromatic carbocycles. The van der Waals surface area contributed by atoms with Crippen molar-refractivity contribution in [2.75, 3.05) is 6.54 Å². The topological polar surface area (TPSA) is 29.1 Å². The van der Waals surface area contributed by atoms with E-state index in [1.54, 1.807) is 12.2 Å². The van der Waals surface area contributed by atoms with Gasteiger partial charge in [-0.25, -0.2) is 0 Å². The molecule has 0 aliphatic carbocycles. The highest BCUT2D eigenvalue weighted by Gasteiger charge is 2.46. The van der Waals surface area contributed by atoms with E-state index in [1.807, 2.05) is 48.5 Å². The second-order valence-electron chi connectivity index (χ2n) is 5.50. The maximum Gasteiger partial charge on any atom is 0.393 e. The van der Waals surface area contributed by atoms with Crippen molar-refractivity contribution in [3.63, 3.8) is 0 Å². The smallest absolute Gasteiger partial charge is 0.352 e. The number of hydrogen-bond acceptors (Lipinski definition) is 1. The molecule has 26 heavy (non-hydrogen) atoms. The molecule has 0 spiro atoms. The number of carbonyl (C=O) groups is 1. The van der Waals surface area contributed by atoms with Crippen LogP contribution in [0.5, 0.6) is 0 Å². The van der Waals surface area contributed by atoms with E-state index in [4.69, 9.17) is 0 Å². The number of halogens is 3. The van der Waals surface area contributed by atoms with Crippen LogP contribution in [-0.2, 0) is 4.79 Å². The summed E-state index contributed by atoms with van der Waals surface area (Å²) >= 11 is 0. The van der Waals surface area contributed by atoms with E-state index in [0.717, 1.165) is 19.4 Å². The van der Waals surface area contributed by atoms with Crippen molar-refractivity contribution in [1.82, 2.24) is 5.32 Å². The van der Waals surface area contributed by atoms with Crippen LogP contribution in [0.1, 0.15) is 75.2 Å². The van der Waals surface area contributed by atoms with Crippen molar-refractivity contribution >= 4 is 5.91 Å². The predicted octanol–water partition coefficient (Wildman–Crippen LogP) is 7.24. The van der Waals surface area contributed by atoms with Crippen LogP contribution in [0.4, 0.5) is 13.2 Å². The number of carbonyl (C=O) groups excluding carboxylic acids is 1. The molecule has 0 radical (unpaired) electrons. The summed E-state index contributed by atoms with van der Waals surface area (Å²) in [6.45, 7) is 23.6. The van der Waals surface area contributed by atoms with Crippen LogP contribution in [0.3, 0.4) is 0 Å². The highest BCUT2D eigenvalue weighted by Crippen LogP contribution is 2.40. The van der Waals surface area contributed by atoms with Gasteiger partial charge in [0.1, 0.15) is 0 Å². The van der Waals surface area contributed by atoms with Gasteiger partial charge in [0, 0.05) is 13.0 Å². The lowest BCUT2D eigenvalue weighted by molar-refractivity contribution is -0.213. The SMILES string of the molecule is C=C(C)/C=C\C(=C)CNC(=O)CCC(C)(C)C(F)(F)F.CC.CC.CC. The van der Waals surface area contributed by atoms with E-state index in [2.05, 4.69) is 18.5 Å². The first-order valence-corrected chi connectivity index (χ1v) is 9.30. The molecule has 0 fully saturated rings. The van der Waals surface area contributed by atoms with Gasteiger partial charge in [-0.1, -0.05) is 86.3 Å². The maximum atomic E-state index is 12.6. The Bertz CT molecular complexity index is 408. The number of alkyl halides is 3. The van der Waals surface area contributed by atoms with Crippen molar-refractivity contribution in [1.29, 1.82) is 0 Å². The molecule has 0 aromatic heterocycles. The van der Waals surface area contributed by atoms with E-state index in [9.17, 15) is 18.0 Å². The number of rotatable bonds is 7. The lowest BCUT2D eigenvalue weighted by atomic mass is 9.87. The summed E-state index contributed by atoms with van der Waals surface area (Å²) in [5.41, 5.74) is -0.345. The number of allylic oxidation sites excluding steroid dienone is 2. The first-order chi connectivity index (χ1) is 12.0. The van der Waals surface area contributed by atoms with E-state index in [-0.39, 0.29) is 19.4 Å². The average Bonchev–Trinajstić information content (AvgIpc) is 2.60. The van der Waals surface area contributed by atoms with Gasteiger partial charge in [-0.2, -0.15) is 13.2 Å². The number of hydrogen-bond donors (Lipinski definition) is 1. The molecule has 1 N–H and O–H groups in total. The summed E-state index contributed by atoms with van der Waals surface area (Å²) in [7, 11) is 0. The molecule has 0 atom stereocenters. The molecule has 5 heteroatoms. The third-order valence-corrected chi connectivity index (χ3v) is 2.86.